The average molecular weight is 352 g/mol. The first-order chi connectivity index (χ1) is 12.8. The molecule has 1 aromatic heterocycles. The van der Waals surface area contributed by atoms with E-state index in [9.17, 15) is 0 Å². The summed E-state index contributed by atoms with van der Waals surface area (Å²) in [4.78, 5) is 3.56. The lowest BCUT2D eigenvalue weighted by atomic mass is 9.61. The van der Waals surface area contributed by atoms with E-state index in [1.54, 1.807) is 17.3 Å². The molecular formula is C24H33NO. The van der Waals surface area contributed by atoms with E-state index in [-0.39, 0.29) is 0 Å². The number of hydrogen-bond donors (Lipinski definition) is 0. The van der Waals surface area contributed by atoms with Gasteiger partial charge in [0.05, 0.1) is 6.20 Å². The second kappa shape index (κ2) is 9.75. The van der Waals surface area contributed by atoms with Crippen LogP contribution in [0.1, 0.15) is 69.4 Å². The molecule has 0 bridgehead atoms. The Bertz CT molecular complexity index is 639. The summed E-state index contributed by atoms with van der Waals surface area (Å²) >= 11 is 0. The van der Waals surface area contributed by atoms with Crippen molar-refractivity contribution in [2.24, 2.45) is 17.8 Å². The Hall–Kier alpha value is -1.83. The van der Waals surface area contributed by atoms with Gasteiger partial charge >= 0.3 is 0 Å². The zero-order valence-corrected chi connectivity index (χ0v) is 16.3. The predicted molar refractivity (Wildman–Crippen MR) is 108 cm³/mol. The molecule has 0 N–H and O–H groups in total. The topological polar surface area (TPSA) is 26.0 Å². The maximum atomic E-state index is 4.47. The van der Waals surface area contributed by atoms with Crippen LogP contribution in [0.25, 0.3) is 0 Å². The molecule has 0 amide bonds. The molecule has 2 aromatic rings. The van der Waals surface area contributed by atoms with Crippen molar-refractivity contribution >= 4 is 0 Å². The largest absolute Gasteiger partial charge is 0.452 e. The van der Waals surface area contributed by atoms with Crippen molar-refractivity contribution in [3.05, 3.63) is 66.4 Å². The van der Waals surface area contributed by atoms with Gasteiger partial charge in [0.1, 0.15) is 6.26 Å². The van der Waals surface area contributed by atoms with Crippen LogP contribution in [0.15, 0.2) is 59.7 Å². The van der Waals surface area contributed by atoms with E-state index in [2.05, 4.69) is 33.7 Å². The summed E-state index contributed by atoms with van der Waals surface area (Å²) < 4.78 is 4.47. The van der Waals surface area contributed by atoms with E-state index in [4.69, 9.17) is 0 Å². The Kier molecular flexibility index (Phi) is 7.11. The molecule has 0 radical (unpaired) electrons. The van der Waals surface area contributed by atoms with Crippen molar-refractivity contribution in [3.8, 4) is 0 Å². The number of rotatable bonds is 0. The summed E-state index contributed by atoms with van der Waals surface area (Å²) in [6.45, 7) is 4.00. The molecule has 2 fully saturated rings. The zero-order chi connectivity index (χ0) is 18.2. The van der Waals surface area contributed by atoms with E-state index < -0.39 is 0 Å². The summed E-state index contributed by atoms with van der Waals surface area (Å²) in [6, 6.07) is 9.26. The Morgan fingerprint density at radius 2 is 1.81 bits per heavy atom. The minimum absolute atomic E-state index is 0.916. The van der Waals surface area contributed by atoms with Gasteiger partial charge in [0.15, 0.2) is 6.39 Å². The van der Waals surface area contributed by atoms with Gasteiger partial charge in [0.25, 0.3) is 0 Å². The molecule has 3 aliphatic rings. The van der Waals surface area contributed by atoms with Crippen LogP contribution in [0.5, 0.6) is 0 Å². The van der Waals surface area contributed by atoms with Crippen molar-refractivity contribution in [3.63, 3.8) is 0 Å². The number of oxazole rings is 1. The first-order valence-electron chi connectivity index (χ1n) is 10.3. The summed E-state index contributed by atoms with van der Waals surface area (Å²) in [6.07, 6.45) is 18.9. The number of nitrogens with zero attached hydrogens (tertiary/aromatic N) is 1. The smallest absolute Gasteiger partial charge is 0.180 e. The van der Waals surface area contributed by atoms with Crippen molar-refractivity contribution in [2.75, 3.05) is 0 Å². The number of aryl methyl sites for hydroxylation is 1. The summed E-state index contributed by atoms with van der Waals surface area (Å²) in [5.41, 5.74) is 3.37. The Labute approximate surface area is 158 Å². The molecule has 4 atom stereocenters. The molecule has 1 heterocycles. The van der Waals surface area contributed by atoms with Crippen LogP contribution < -0.4 is 0 Å². The SMILES string of the molecule is C/C=C\C.c1ccc2c(c1)CCC1C2CCC2CCCC21.c1cocn1. The van der Waals surface area contributed by atoms with E-state index >= 15 is 0 Å². The minimum atomic E-state index is 0.916. The molecule has 1 aromatic carbocycles. The Morgan fingerprint density at radius 3 is 2.50 bits per heavy atom. The lowest BCUT2D eigenvalue weighted by molar-refractivity contribution is 0.137. The van der Waals surface area contributed by atoms with E-state index in [1.165, 1.54) is 57.6 Å². The molecule has 26 heavy (non-hydrogen) atoms. The molecular weight excluding hydrogens is 318 g/mol. The Morgan fingerprint density at radius 1 is 0.962 bits per heavy atom. The van der Waals surface area contributed by atoms with Crippen LogP contribution in [0.2, 0.25) is 0 Å². The second-order valence-corrected chi connectivity index (χ2v) is 7.78. The number of allylic oxidation sites excluding steroid dienone is 2. The van der Waals surface area contributed by atoms with E-state index in [1.807, 2.05) is 26.0 Å². The standard InChI is InChI=1S/C17H22.C4H8.C3H3NO/c1-2-6-14-12(4-1)8-10-17-15-7-3-5-13(15)9-11-16(14)17;1-3-4-2;1-2-5-3-4-1/h1-2,4,6,13,15-17H,3,5,7-11H2;3-4H,1-2H3;1-3H/b;4-3-;. The van der Waals surface area contributed by atoms with Crippen molar-refractivity contribution in [1.29, 1.82) is 0 Å². The molecule has 0 saturated heterocycles. The van der Waals surface area contributed by atoms with Crippen molar-refractivity contribution in [2.45, 2.75) is 64.7 Å². The van der Waals surface area contributed by atoms with Crippen LogP contribution in [-0.4, -0.2) is 4.98 Å². The highest BCUT2D eigenvalue weighted by Crippen LogP contribution is 2.54. The van der Waals surface area contributed by atoms with Gasteiger partial charge in [-0.15, -0.1) is 0 Å². The average Bonchev–Trinajstić information content (AvgIpc) is 3.42. The van der Waals surface area contributed by atoms with Crippen LogP contribution >= 0.6 is 0 Å². The first-order valence-corrected chi connectivity index (χ1v) is 10.3. The molecule has 5 rings (SSSR count). The molecule has 140 valence electrons. The molecule has 0 spiro atoms. The number of hydrogen-bond acceptors (Lipinski definition) is 2. The van der Waals surface area contributed by atoms with Gasteiger partial charge < -0.3 is 4.42 Å². The Balaban J connectivity index is 0.000000182. The summed E-state index contributed by atoms with van der Waals surface area (Å²) in [5.74, 6) is 4.13. The molecule has 2 nitrogen and oxygen atoms in total. The number of aromatic nitrogens is 1. The van der Waals surface area contributed by atoms with Gasteiger partial charge in [-0.1, -0.05) is 49.3 Å². The molecule has 4 unspecified atom stereocenters. The van der Waals surface area contributed by atoms with Gasteiger partial charge in [-0.2, -0.15) is 0 Å². The van der Waals surface area contributed by atoms with E-state index in [0.717, 1.165) is 23.7 Å². The normalized spacial score (nSPS) is 28.7. The van der Waals surface area contributed by atoms with Crippen LogP contribution in [-0.2, 0) is 6.42 Å². The third kappa shape index (κ3) is 4.47. The maximum absolute atomic E-state index is 4.47. The lowest BCUT2D eigenvalue weighted by Crippen LogP contribution is -2.33. The van der Waals surface area contributed by atoms with Gasteiger partial charge in [-0.25, -0.2) is 4.98 Å². The fourth-order valence-corrected chi connectivity index (χ4v) is 5.32. The maximum Gasteiger partial charge on any atom is 0.180 e. The highest BCUT2D eigenvalue weighted by molar-refractivity contribution is 5.34. The van der Waals surface area contributed by atoms with E-state index in [0.29, 0.717) is 0 Å². The van der Waals surface area contributed by atoms with Crippen molar-refractivity contribution in [1.82, 2.24) is 4.98 Å². The van der Waals surface area contributed by atoms with Gasteiger partial charge in [0.2, 0.25) is 0 Å². The third-order valence-electron chi connectivity index (χ3n) is 6.52. The zero-order valence-electron chi connectivity index (χ0n) is 16.3. The molecule has 2 saturated carbocycles. The quantitative estimate of drug-likeness (QED) is 0.488. The predicted octanol–water partition coefficient (Wildman–Crippen LogP) is 6.80. The van der Waals surface area contributed by atoms with Crippen LogP contribution in [0.3, 0.4) is 0 Å². The number of fused-ring (bicyclic) bond motifs is 5. The highest BCUT2D eigenvalue weighted by Gasteiger charge is 2.43. The van der Waals surface area contributed by atoms with Crippen molar-refractivity contribution < 1.29 is 4.42 Å². The fraction of sp³-hybridized carbons (Fsp3) is 0.542. The monoisotopic (exact) mass is 351 g/mol. The fourth-order valence-electron chi connectivity index (χ4n) is 5.32. The molecule has 0 aliphatic heterocycles. The highest BCUT2D eigenvalue weighted by atomic mass is 16.3. The third-order valence-corrected chi connectivity index (χ3v) is 6.52. The molecule has 3 aliphatic carbocycles. The van der Waals surface area contributed by atoms with Gasteiger partial charge in [0, 0.05) is 0 Å². The minimum Gasteiger partial charge on any atom is -0.452 e. The summed E-state index contributed by atoms with van der Waals surface area (Å²) in [5, 5.41) is 0. The second-order valence-electron chi connectivity index (χ2n) is 7.78. The molecule has 2 heteroatoms. The number of benzene rings is 1. The summed E-state index contributed by atoms with van der Waals surface area (Å²) in [7, 11) is 0. The first kappa shape index (κ1) is 18.9. The van der Waals surface area contributed by atoms with Gasteiger partial charge in [-0.3, -0.25) is 0 Å². The van der Waals surface area contributed by atoms with Gasteiger partial charge in [-0.05, 0) is 80.8 Å². The van der Waals surface area contributed by atoms with Crippen LogP contribution in [0.4, 0.5) is 0 Å². The van der Waals surface area contributed by atoms with Crippen LogP contribution in [0, 0.1) is 17.8 Å². The lowest BCUT2D eigenvalue weighted by Gasteiger charge is -2.44.